The minimum atomic E-state index is -0.553. The van der Waals surface area contributed by atoms with E-state index in [0.29, 0.717) is 18.8 Å². The lowest BCUT2D eigenvalue weighted by molar-refractivity contribution is 0.580. The SMILES string of the molecule is CN=C(NCc1ccsc1)NC1CCN(c2ccc(F)cc2F)C1. The fourth-order valence-corrected chi connectivity index (χ4v) is 3.47. The predicted octanol–water partition coefficient (Wildman–Crippen LogP) is 2.97. The highest BCUT2D eigenvalue weighted by Gasteiger charge is 2.25. The quantitative estimate of drug-likeness (QED) is 0.658. The highest BCUT2D eigenvalue weighted by atomic mass is 32.1. The summed E-state index contributed by atoms with van der Waals surface area (Å²) in [5.74, 6) is -0.341. The lowest BCUT2D eigenvalue weighted by atomic mass is 10.2. The molecule has 0 aliphatic carbocycles. The summed E-state index contributed by atoms with van der Waals surface area (Å²) in [6.45, 7) is 2.09. The highest BCUT2D eigenvalue weighted by Crippen LogP contribution is 2.24. The average Bonchev–Trinajstić information content (AvgIpc) is 3.23. The number of hydrogen-bond acceptors (Lipinski definition) is 3. The first-order valence-corrected chi connectivity index (χ1v) is 8.78. The van der Waals surface area contributed by atoms with E-state index in [0.717, 1.165) is 25.0 Å². The van der Waals surface area contributed by atoms with Gasteiger partial charge in [0.25, 0.3) is 0 Å². The number of rotatable bonds is 4. The van der Waals surface area contributed by atoms with E-state index in [-0.39, 0.29) is 6.04 Å². The van der Waals surface area contributed by atoms with Crippen LogP contribution in [-0.4, -0.2) is 32.1 Å². The van der Waals surface area contributed by atoms with Crippen LogP contribution < -0.4 is 15.5 Å². The van der Waals surface area contributed by atoms with Crippen molar-refractivity contribution in [2.75, 3.05) is 25.0 Å². The van der Waals surface area contributed by atoms with Crippen LogP contribution in [0.4, 0.5) is 14.5 Å². The second-order valence-electron chi connectivity index (χ2n) is 5.73. The fraction of sp³-hybridized carbons (Fsp3) is 0.353. The van der Waals surface area contributed by atoms with Gasteiger partial charge in [0, 0.05) is 38.8 Å². The van der Waals surface area contributed by atoms with Gasteiger partial charge in [0.05, 0.1) is 5.69 Å². The topological polar surface area (TPSA) is 39.7 Å². The molecule has 2 aromatic rings. The van der Waals surface area contributed by atoms with Crippen molar-refractivity contribution in [1.29, 1.82) is 0 Å². The van der Waals surface area contributed by atoms with Gasteiger partial charge in [-0.3, -0.25) is 4.99 Å². The third-order valence-corrected chi connectivity index (χ3v) is 4.78. The van der Waals surface area contributed by atoms with Gasteiger partial charge in [-0.2, -0.15) is 11.3 Å². The normalized spacial score (nSPS) is 18.0. The number of anilines is 1. The maximum atomic E-state index is 13.9. The number of nitrogens with zero attached hydrogens (tertiary/aromatic N) is 2. The zero-order chi connectivity index (χ0) is 16.9. The maximum Gasteiger partial charge on any atom is 0.191 e. The Morgan fingerprint density at radius 2 is 2.25 bits per heavy atom. The Bertz CT molecular complexity index is 703. The van der Waals surface area contributed by atoms with E-state index >= 15 is 0 Å². The van der Waals surface area contributed by atoms with E-state index < -0.39 is 11.6 Å². The molecular weight excluding hydrogens is 330 g/mol. The van der Waals surface area contributed by atoms with Gasteiger partial charge < -0.3 is 15.5 Å². The summed E-state index contributed by atoms with van der Waals surface area (Å²) in [6.07, 6.45) is 0.871. The number of guanidine groups is 1. The zero-order valence-corrected chi connectivity index (χ0v) is 14.2. The number of benzene rings is 1. The molecule has 1 fully saturated rings. The van der Waals surface area contributed by atoms with E-state index in [1.165, 1.54) is 17.7 Å². The number of thiophene rings is 1. The maximum absolute atomic E-state index is 13.9. The van der Waals surface area contributed by atoms with Crippen molar-refractivity contribution < 1.29 is 8.78 Å². The van der Waals surface area contributed by atoms with Gasteiger partial charge in [0.2, 0.25) is 0 Å². The molecule has 2 heterocycles. The molecule has 0 spiro atoms. The Balaban J connectivity index is 1.55. The summed E-state index contributed by atoms with van der Waals surface area (Å²) < 4.78 is 26.9. The van der Waals surface area contributed by atoms with Gasteiger partial charge in [-0.15, -0.1) is 0 Å². The second kappa shape index (κ2) is 7.61. The molecule has 2 N–H and O–H groups in total. The van der Waals surface area contributed by atoms with Gasteiger partial charge in [-0.25, -0.2) is 8.78 Å². The van der Waals surface area contributed by atoms with Crippen LogP contribution in [0.25, 0.3) is 0 Å². The predicted molar refractivity (Wildman–Crippen MR) is 94.6 cm³/mol. The number of halogens is 2. The average molecular weight is 350 g/mol. The van der Waals surface area contributed by atoms with Crippen LogP contribution in [0.2, 0.25) is 0 Å². The number of aliphatic imine (C=N–C) groups is 1. The van der Waals surface area contributed by atoms with Gasteiger partial charge in [0.15, 0.2) is 5.96 Å². The monoisotopic (exact) mass is 350 g/mol. The molecule has 128 valence electrons. The van der Waals surface area contributed by atoms with E-state index in [4.69, 9.17) is 0 Å². The van der Waals surface area contributed by atoms with Gasteiger partial charge in [-0.1, -0.05) is 0 Å². The summed E-state index contributed by atoms with van der Waals surface area (Å²) in [7, 11) is 1.73. The van der Waals surface area contributed by atoms with Crippen molar-refractivity contribution in [3.63, 3.8) is 0 Å². The molecule has 0 saturated carbocycles. The Morgan fingerprint density at radius 3 is 2.96 bits per heavy atom. The van der Waals surface area contributed by atoms with Crippen molar-refractivity contribution in [3.05, 3.63) is 52.2 Å². The van der Waals surface area contributed by atoms with Crippen molar-refractivity contribution in [2.24, 2.45) is 4.99 Å². The molecule has 4 nitrogen and oxygen atoms in total. The molecule has 3 rings (SSSR count). The standard InChI is InChI=1S/C17H20F2N4S/c1-20-17(21-9-12-5-7-24-11-12)22-14-4-6-23(10-14)16-3-2-13(18)8-15(16)19/h2-3,5,7-8,11,14H,4,6,9-10H2,1H3,(H2,20,21,22). The molecule has 1 unspecified atom stereocenters. The molecule has 1 saturated heterocycles. The summed E-state index contributed by atoms with van der Waals surface area (Å²) in [6, 6.07) is 5.96. The van der Waals surface area contributed by atoms with Crippen LogP contribution in [0.5, 0.6) is 0 Å². The van der Waals surface area contributed by atoms with E-state index in [1.54, 1.807) is 18.4 Å². The van der Waals surface area contributed by atoms with Crippen LogP contribution in [0.15, 0.2) is 40.0 Å². The minimum absolute atomic E-state index is 0.170. The molecule has 1 aliphatic heterocycles. The first kappa shape index (κ1) is 16.7. The fourth-order valence-electron chi connectivity index (χ4n) is 2.80. The van der Waals surface area contributed by atoms with E-state index in [9.17, 15) is 8.78 Å². The second-order valence-corrected chi connectivity index (χ2v) is 6.51. The molecular formula is C17H20F2N4S. The Kier molecular flexibility index (Phi) is 5.30. The van der Waals surface area contributed by atoms with Crippen LogP contribution in [-0.2, 0) is 6.54 Å². The Morgan fingerprint density at radius 1 is 1.38 bits per heavy atom. The minimum Gasteiger partial charge on any atom is -0.367 e. The zero-order valence-electron chi connectivity index (χ0n) is 13.4. The third kappa shape index (κ3) is 4.03. The lowest BCUT2D eigenvalue weighted by Gasteiger charge is -2.21. The summed E-state index contributed by atoms with van der Waals surface area (Å²) in [5, 5.41) is 10.8. The highest BCUT2D eigenvalue weighted by molar-refractivity contribution is 7.07. The van der Waals surface area contributed by atoms with Crippen molar-refractivity contribution >= 4 is 23.0 Å². The molecule has 0 bridgehead atoms. The van der Waals surface area contributed by atoms with Gasteiger partial charge in [-0.05, 0) is 40.9 Å². The van der Waals surface area contributed by atoms with Crippen LogP contribution in [0, 0.1) is 11.6 Å². The third-order valence-electron chi connectivity index (χ3n) is 4.04. The molecule has 1 aromatic carbocycles. The van der Waals surface area contributed by atoms with E-state index in [1.807, 2.05) is 10.3 Å². The van der Waals surface area contributed by atoms with Crippen molar-refractivity contribution in [3.8, 4) is 0 Å². The van der Waals surface area contributed by atoms with Crippen molar-refractivity contribution in [2.45, 2.75) is 19.0 Å². The molecule has 0 radical (unpaired) electrons. The summed E-state index contributed by atoms with van der Waals surface area (Å²) in [5.41, 5.74) is 1.66. The van der Waals surface area contributed by atoms with Crippen LogP contribution in [0.3, 0.4) is 0 Å². The molecule has 0 amide bonds. The van der Waals surface area contributed by atoms with Crippen LogP contribution >= 0.6 is 11.3 Å². The van der Waals surface area contributed by atoms with E-state index in [2.05, 4.69) is 27.1 Å². The van der Waals surface area contributed by atoms with Crippen LogP contribution in [0.1, 0.15) is 12.0 Å². The number of nitrogens with one attached hydrogen (secondary N) is 2. The first-order valence-electron chi connectivity index (χ1n) is 7.84. The summed E-state index contributed by atoms with van der Waals surface area (Å²) in [4.78, 5) is 6.16. The molecule has 24 heavy (non-hydrogen) atoms. The molecule has 1 aliphatic rings. The van der Waals surface area contributed by atoms with Gasteiger partial charge in [0.1, 0.15) is 11.6 Å². The molecule has 1 atom stereocenters. The smallest absolute Gasteiger partial charge is 0.191 e. The van der Waals surface area contributed by atoms with Crippen molar-refractivity contribution in [1.82, 2.24) is 10.6 Å². The largest absolute Gasteiger partial charge is 0.367 e. The lowest BCUT2D eigenvalue weighted by Crippen LogP contribution is -2.44. The summed E-state index contributed by atoms with van der Waals surface area (Å²) >= 11 is 1.66. The number of hydrogen-bond donors (Lipinski definition) is 2. The van der Waals surface area contributed by atoms with Gasteiger partial charge >= 0.3 is 0 Å². The Hall–Kier alpha value is -2.15. The Labute approximate surface area is 144 Å². The molecule has 7 heteroatoms. The first-order chi connectivity index (χ1) is 11.7. The molecule has 1 aromatic heterocycles.